The maximum absolute atomic E-state index is 12.2. The van der Waals surface area contributed by atoms with Crippen LogP contribution < -0.4 is 10.3 Å². The van der Waals surface area contributed by atoms with Crippen LogP contribution in [0, 0.1) is 0 Å². The van der Waals surface area contributed by atoms with Gasteiger partial charge < -0.3 is 4.74 Å². The number of aromatic nitrogens is 2. The van der Waals surface area contributed by atoms with Crippen LogP contribution in [0.3, 0.4) is 0 Å². The third-order valence-electron chi connectivity index (χ3n) is 3.18. The number of nitrogens with zero attached hydrogens (tertiary/aromatic N) is 1. The number of aromatic amines is 1. The normalized spacial score (nSPS) is 10.3. The Kier molecular flexibility index (Phi) is 3.51. The van der Waals surface area contributed by atoms with Crippen molar-refractivity contribution in [3.05, 3.63) is 71.0 Å². The Labute approximate surface area is 122 Å². The molecule has 4 nitrogen and oxygen atoms in total. The lowest BCUT2D eigenvalue weighted by atomic mass is 10.1. The molecule has 0 aliphatic heterocycles. The summed E-state index contributed by atoms with van der Waals surface area (Å²) in [5.41, 5.74) is 2.41. The van der Waals surface area contributed by atoms with Crippen LogP contribution >= 0.6 is 0 Å². The molecule has 2 aromatic carbocycles. The van der Waals surface area contributed by atoms with E-state index in [1.54, 1.807) is 0 Å². The van der Waals surface area contributed by atoms with Crippen LogP contribution in [0.25, 0.3) is 22.5 Å². The molecule has 4 heteroatoms. The summed E-state index contributed by atoms with van der Waals surface area (Å²) < 4.78 is 5.25. The molecule has 1 aromatic heterocycles. The minimum Gasteiger partial charge on any atom is -0.481 e. The van der Waals surface area contributed by atoms with Crippen LogP contribution in [0.5, 0.6) is 5.88 Å². The molecule has 1 heterocycles. The van der Waals surface area contributed by atoms with Crippen LogP contribution in [0.15, 0.2) is 65.5 Å². The Morgan fingerprint density at radius 1 is 0.857 bits per heavy atom. The zero-order valence-electron chi connectivity index (χ0n) is 11.5. The van der Waals surface area contributed by atoms with Gasteiger partial charge in [0.15, 0.2) is 0 Å². The van der Waals surface area contributed by atoms with E-state index < -0.39 is 0 Å². The van der Waals surface area contributed by atoms with Crippen LogP contribution in [0.2, 0.25) is 0 Å². The van der Waals surface area contributed by atoms with E-state index in [0.29, 0.717) is 17.3 Å². The SMILES string of the molecule is COc1[nH]c(=O)c(-c2ccccc2)nc1-c1ccccc1. The van der Waals surface area contributed by atoms with E-state index in [2.05, 4.69) is 9.97 Å². The molecule has 3 aromatic rings. The van der Waals surface area contributed by atoms with Crippen LogP contribution in [0.4, 0.5) is 0 Å². The highest BCUT2D eigenvalue weighted by molar-refractivity contribution is 5.68. The molecule has 0 fully saturated rings. The third kappa shape index (κ3) is 2.56. The van der Waals surface area contributed by atoms with Gasteiger partial charge in [-0.15, -0.1) is 0 Å². The smallest absolute Gasteiger partial charge is 0.277 e. The molecule has 0 unspecified atom stereocenters. The molecule has 0 radical (unpaired) electrons. The first-order chi connectivity index (χ1) is 10.3. The second kappa shape index (κ2) is 5.63. The van der Waals surface area contributed by atoms with Gasteiger partial charge in [0.2, 0.25) is 5.88 Å². The van der Waals surface area contributed by atoms with Gasteiger partial charge in [-0.05, 0) is 0 Å². The molecular formula is C17H14N2O2. The van der Waals surface area contributed by atoms with Gasteiger partial charge in [0.1, 0.15) is 11.4 Å². The first-order valence-corrected chi connectivity index (χ1v) is 6.59. The number of benzene rings is 2. The van der Waals surface area contributed by atoms with Crippen molar-refractivity contribution in [2.45, 2.75) is 0 Å². The molecule has 0 bridgehead atoms. The number of hydrogen-bond donors (Lipinski definition) is 1. The maximum Gasteiger partial charge on any atom is 0.277 e. The summed E-state index contributed by atoms with van der Waals surface area (Å²) >= 11 is 0. The number of rotatable bonds is 3. The quantitative estimate of drug-likeness (QED) is 0.801. The van der Waals surface area contributed by atoms with E-state index in [0.717, 1.165) is 11.1 Å². The summed E-state index contributed by atoms with van der Waals surface area (Å²) in [4.78, 5) is 19.5. The first-order valence-electron chi connectivity index (χ1n) is 6.59. The zero-order chi connectivity index (χ0) is 14.7. The van der Waals surface area contributed by atoms with Gasteiger partial charge in [0, 0.05) is 11.1 Å². The van der Waals surface area contributed by atoms with Crippen molar-refractivity contribution in [1.29, 1.82) is 0 Å². The lowest BCUT2D eigenvalue weighted by Crippen LogP contribution is -2.14. The van der Waals surface area contributed by atoms with Crippen molar-refractivity contribution in [3.63, 3.8) is 0 Å². The fourth-order valence-corrected chi connectivity index (χ4v) is 2.17. The minimum absolute atomic E-state index is 0.266. The standard InChI is InChI=1S/C17H14N2O2/c1-21-17-15(13-10-6-3-7-11-13)18-14(16(20)19-17)12-8-4-2-5-9-12/h2-11H,1H3,(H,19,20). The summed E-state index contributed by atoms with van der Waals surface area (Å²) in [6.45, 7) is 0. The summed E-state index contributed by atoms with van der Waals surface area (Å²) in [6, 6.07) is 19.0. The number of hydrogen-bond acceptors (Lipinski definition) is 3. The Hall–Kier alpha value is -2.88. The van der Waals surface area contributed by atoms with Gasteiger partial charge >= 0.3 is 0 Å². The predicted molar refractivity (Wildman–Crippen MR) is 82.3 cm³/mol. The lowest BCUT2D eigenvalue weighted by Gasteiger charge is -2.09. The van der Waals surface area contributed by atoms with Crippen molar-refractivity contribution < 1.29 is 4.74 Å². The van der Waals surface area contributed by atoms with Gasteiger partial charge in [-0.3, -0.25) is 9.78 Å². The van der Waals surface area contributed by atoms with Crippen molar-refractivity contribution >= 4 is 0 Å². The highest BCUT2D eigenvalue weighted by Gasteiger charge is 2.13. The van der Waals surface area contributed by atoms with Gasteiger partial charge in [-0.1, -0.05) is 60.7 Å². The van der Waals surface area contributed by atoms with Crippen LogP contribution in [-0.2, 0) is 0 Å². The lowest BCUT2D eigenvalue weighted by molar-refractivity contribution is 0.396. The number of ether oxygens (including phenoxy) is 1. The highest BCUT2D eigenvalue weighted by atomic mass is 16.5. The van der Waals surface area contributed by atoms with Crippen molar-refractivity contribution in [3.8, 4) is 28.4 Å². The van der Waals surface area contributed by atoms with Crippen molar-refractivity contribution in [1.82, 2.24) is 9.97 Å². The third-order valence-corrected chi connectivity index (χ3v) is 3.18. The molecule has 0 aliphatic carbocycles. The van der Waals surface area contributed by atoms with E-state index in [-0.39, 0.29) is 5.56 Å². The average Bonchev–Trinajstić information content (AvgIpc) is 2.56. The largest absolute Gasteiger partial charge is 0.481 e. The average molecular weight is 278 g/mol. The Morgan fingerprint density at radius 3 is 1.90 bits per heavy atom. The first kappa shape index (κ1) is 13.1. The second-order valence-corrected chi connectivity index (χ2v) is 4.53. The van der Waals surface area contributed by atoms with E-state index in [9.17, 15) is 4.79 Å². The molecule has 0 saturated heterocycles. The Morgan fingerprint density at radius 2 is 1.38 bits per heavy atom. The fraction of sp³-hybridized carbons (Fsp3) is 0.0588. The summed E-state index contributed by atoms with van der Waals surface area (Å²) in [5.74, 6) is 0.367. The molecule has 0 spiro atoms. The van der Waals surface area contributed by atoms with Crippen molar-refractivity contribution in [2.75, 3.05) is 7.11 Å². The summed E-state index contributed by atoms with van der Waals surface area (Å²) in [6.07, 6.45) is 0. The predicted octanol–water partition coefficient (Wildman–Crippen LogP) is 3.11. The summed E-state index contributed by atoms with van der Waals surface area (Å²) in [5, 5.41) is 0. The number of H-pyrrole nitrogens is 1. The van der Waals surface area contributed by atoms with E-state index in [4.69, 9.17) is 4.74 Å². The topological polar surface area (TPSA) is 55.0 Å². The summed E-state index contributed by atoms with van der Waals surface area (Å²) in [7, 11) is 1.52. The number of nitrogens with one attached hydrogen (secondary N) is 1. The zero-order valence-corrected chi connectivity index (χ0v) is 11.5. The second-order valence-electron chi connectivity index (χ2n) is 4.53. The fourth-order valence-electron chi connectivity index (χ4n) is 2.17. The van der Waals surface area contributed by atoms with Gasteiger partial charge in [0.05, 0.1) is 7.11 Å². The molecule has 104 valence electrons. The molecule has 3 rings (SSSR count). The molecule has 0 amide bonds. The van der Waals surface area contributed by atoms with E-state index in [1.807, 2.05) is 60.7 Å². The molecular weight excluding hydrogens is 264 g/mol. The van der Waals surface area contributed by atoms with Crippen LogP contribution in [0.1, 0.15) is 0 Å². The van der Waals surface area contributed by atoms with Crippen LogP contribution in [-0.4, -0.2) is 17.1 Å². The molecule has 1 N–H and O–H groups in total. The molecule has 0 aliphatic rings. The Balaban J connectivity index is 2.23. The van der Waals surface area contributed by atoms with Gasteiger partial charge in [-0.25, -0.2) is 4.98 Å². The van der Waals surface area contributed by atoms with Crippen molar-refractivity contribution in [2.24, 2.45) is 0 Å². The minimum atomic E-state index is -0.266. The highest BCUT2D eigenvalue weighted by Crippen LogP contribution is 2.26. The van der Waals surface area contributed by atoms with E-state index in [1.165, 1.54) is 7.11 Å². The van der Waals surface area contributed by atoms with Gasteiger partial charge in [0.25, 0.3) is 5.56 Å². The molecule has 0 atom stereocenters. The molecule has 0 saturated carbocycles. The Bertz CT molecular complexity index is 796. The monoisotopic (exact) mass is 278 g/mol. The number of methoxy groups -OCH3 is 1. The van der Waals surface area contributed by atoms with Gasteiger partial charge in [-0.2, -0.15) is 0 Å². The molecule has 21 heavy (non-hydrogen) atoms. The maximum atomic E-state index is 12.2. The van der Waals surface area contributed by atoms with E-state index >= 15 is 0 Å².